The quantitative estimate of drug-likeness (QED) is 0.926. The zero-order valence-corrected chi connectivity index (χ0v) is 11.9. The van der Waals surface area contributed by atoms with Gasteiger partial charge in [-0.2, -0.15) is 0 Å². The molecule has 0 spiro atoms. The van der Waals surface area contributed by atoms with Gasteiger partial charge in [0.25, 0.3) is 0 Å². The van der Waals surface area contributed by atoms with Gasteiger partial charge in [0.1, 0.15) is 11.5 Å². The highest BCUT2D eigenvalue weighted by molar-refractivity contribution is 9.11. The topological polar surface area (TPSA) is 25.2 Å². The Morgan fingerprint density at radius 2 is 2.12 bits per heavy atom. The Kier molecular flexibility index (Phi) is 3.52. The molecule has 1 unspecified atom stereocenters. The number of rotatable bonds is 3. The molecule has 0 saturated carbocycles. The number of aryl methyl sites for hydroxylation is 2. The van der Waals surface area contributed by atoms with Crippen molar-refractivity contribution in [2.24, 2.45) is 0 Å². The summed E-state index contributed by atoms with van der Waals surface area (Å²) < 4.78 is 6.73. The van der Waals surface area contributed by atoms with Crippen LogP contribution in [0.1, 0.15) is 28.0 Å². The SMILES string of the molecule is CNC(c1ccc(Br)s1)c1cc(C)oc1C. The van der Waals surface area contributed by atoms with Gasteiger partial charge in [-0.05, 0) is 55.0 Å². The van der Waals surface area contributed by atoms with Gasteiger partial charge in [-0.3, -0.25) is 0 Å². The van der Waals surface area contributed by atoms with Crippen LogP contribution in [-0.4, -0.2) is 7.05 Å². The summed E-state index contributed by atoms with van der Waals surface area (Å²) >= 11 is 5.24. The third kappa shape index (κ3) is 2.24. The van der Waals surface area contributed by atoms with E-state index in [1.807, 2.05) is 20.9 Å². The molecule has 0 amide bonds. The summed E-state index contributed by atoms with van der Waals surface area (Å²) in [5, 5.41) is 3.33. The van der Waals surface area contributed by atoms with E-state index in [4.69, 9.17) is 4.42 Å². The molecule has 2 rings (SSSR count). The molecule has 0 aliphatic carbocycles. The summed E-state index contributed by atoms with van der Waals surface area (Å²) in [6, 6.07) is 6.53. The maximum Gasteiger partial charge on any atom is 0.106 e. The Morgan fingerprint density at radius 3 is 2.56 bits per heavy atom. The van der Waals surface area contributed by atoms with Gasteiger partial charge in [-0.15, -0.1) is 11.3 Å². The van der Waals surface area contributed by atoms with Gasteiger partial charge in [-0.1, -0.05) is 0 Å². The van der Waals surface area contributed by atoms with Crippen LogP contribution < -0.4 is 5.32 Å². The third-order valence-electron chi connectivity index (χ3n) is 2.56. The first kappa shape index (κ1) is 11.9. The molecule has 2 aromatic heterocycles. The molecule has 86 valence electrons. The largest absolute Gasteiger partial charge is 0.466 e. The first-order chi connectivity index (χ1) is 7.61. The molecule has 16 heavy (non-hydrogen) atoms. The van der Waals surface area contributed by atoms with E-state index in [1.165, 1.54) is 10.4 Å². The number of thiophene rings is 1. The van der Waals surface area contributed by atoms with E-state index in [2.05, 4.69) is 39.4 Å². The van der Waals surface area contributed by atoms with E-state index in [-0.39, 0.29) is 6.04 Å². The lowest BCUT2D eigenvalue weighted by Gasteiger charge is -2.13. The lowest BCUT2D eigenvalue weighted by atomic mass is 10.1. The van der Waals surface area contributed by atoms with Gasteiger partial charge in [0.2, 0.25) is 0 Å². The summed E-state index contributed by atoms with van der Waals surface area (Å²) in [4.78, 5) is 1.29. The van der Waals surface area contributed by atoms with Crippen LogP contribution in [0, 0.1) is 13.8 Å². The summed E-state index contributed by atoms with van der Waals surface area (Å²) in [6.07, 6.45) is 0. The zero-order valence-electron chi connectivity index (χ0n) is 9.50. The van der Waals surface area contributed by atoms with Crippen molar-refractivity contribution in [3.8, 4) is 0 Å². The highest BCUT2D eigenvalue weighted by Crippen LogP contribution is 2.33. The van der Waals surface area contributed by atoms with Crippen LogP contribution in [-0.2, 0) is 0 Å². The number of hydrogen-bond donors (Lipinski definition) is 1. The fourth-order valence-electron chi connectivity index (χ4n) is 1.87. The molecule has 2 heterocycles. The zero-order chi connectivity index (χ0) is 11.7. The smallest absolute Gasteiger partial charge is 0.106 e. The Hall–Kier alpha value is -0.580. The molecule has 1 N–H and O–H groups in total. The van der Waals surface area contributed by atoms with Crippen LogP contribution in [0.4, 0.5) is 0 Å². The second-order valence-electron chi connectivity index (χ2n) is 3.73. The van der Waals surface area contributed by atoms with Gasteiger partial charge in [0.15, 0.2) is 0 Å². The average Bonchev–Trinajstić information content (AvgIpc) is 2.76. The van der Waals surface area contributed by atoms with Gasteiger partial charge >= 0.3 is 0 Å². The molecular formula is C12H14BrNOS. The van der Waals surface area contributed by atoms with Crippen molar-refractivity contribution in [2.45, 2.75) is 19.9 Å². The second-order valence-corrected chi connectivity index (χ2v) is 6.23. The first-order valence-corrected chi connectivity index (χ1v) is 6.72. The monoisotopic (exact) mass is 299 g/mol. The van der Waals surface area contributed by atoms with E-state index >= 15 is 0 Å². The normalized spacial score (nSPS) is 13.0. The van der Waals surface area contributed by atoms with Gasteiger partial charge in [0.05, 0.1) is 9.83 Å². The molecule has 1 atom stereocenters. The summed E-state index contributed by atoms with van der Waals surface area (Å²) in [5.41, 5.74) is 1.22. The van der Waals surface area contributed by atoms with Crippen LogP contribution in [0.25, 0.3) is 0 Å². The molecular weight excluding hydrogens is 286 g/mol. The molecule has 0 saturated heterocycles. The highest BCUT2D eigenvalue weighted by atomic mass is 79.9. The van der Waals surface area contributed by atoms with Crippen molar-refractivity contribution in [1.29, 1.82) is 0 Å². The minimum absolute atomic E-state index is 0.216. The van der Waals surface area contributed by atoms with E-state index in [0.717, 1.165) is 15.3 Å². The fraction of sp³-hybridized carbons (Fsp3) is 0.333. The maximum absolute atomic E-state index is 5.58. The Labute approximate surface area is 108 Å². The number of halogens is 1. The van der Waals surface area contributed by atoms with Crippen molar-refractivity contribution in [3.05, 3.63) is 43.9 Å². The van der Waals surface area contributed by atoms with Crippen LogP contribution in [0.2, 0.25) is 0 Å². The highest BCUT2D eigenvalue weighted by Gasteiger charge is 2.18. The van der Waals surface area contributed by atoms with Gasteiger partial charge < -0.3 is 9.73 Å². The molecule has 0 aliphatic heterocycles. The molecule has 0 bridgehead atoms. The fourth-order valence-corrected chi connectivity index (χ4v) is 3.42. The van der Waals surface area contributed by atoms with Crippen LogP contribution in [0.15, 0.2) is 26.4 Å². The Balaban J connectivity index is 2.40. The van der Waals surface area contributed by atoms with Crippen molar-refractivity contribution in [3.63, 3.8) is 0 Å². The molecule has 2 nitrogen and oxygen atoms in total. The summed E-state index contributed by atoms with van der Waals surface area (Å²) in [6.45, 7) is 3.99. The molecule has 4 heteroatoms. The number of hydrogen-bond acceptors (Lipinski definition) is 3. The van der Waals surface area contributed by atoms with Crippen LogP contribution >= 0.6 is 27.3 Å². The summed E-state index contributed by atoms with van der Waals surface area (Å²) in [7, 11) is 1.97. The van der Waals surface area contributed by atoms with Gasteiger partial charge in [0, 0.05) is 10.4 Å². The average molecular weight is 300 g/mol. The van der Waals surface area contributed by atoms with Crippen molar-refractivity contribution in [2.75, 3.05) is 7.05 Å². The van der Waals surface area contributed by atoms with E-state index < -0.39 is 0 Å². The summed E-state index contributed by atoms with van der Waals surface area (Å²) in [5.74, 6) is 1.95. The molecule has 0 radical (unpaired) electrons. The van der Waals surface area contributed by atoms with Crippen LogP contribution in [0.3, 0.4) is 0 Å². The third-order valence-corrected chi connectivity index (χ3v) is 4.25. The molecule has 0 fully saturated rings. The lowest BCUT2D eigenvalue weighted by molar-refractivity contribution is 0.497. The predicted octanol–water partition coefficient (Wildman–Crippen LogP) is 4.03. The molecule has 2 aromatic rings. The minimum Gasteiger partial charge on any atom is -0.466 e. The molecule has 0 aromatic carbocycles. The standard InChI is InChI=1S/C12H14BrNOS/c1-7-6-9(8(2)15-7)12(14-3)10-4-5-11(13)16-10/h4-6,12,14H,1-3H3. The van der Waals surface area contributed by atoms with Crippen molar-refractivity contribution >= 4 is 27.3 Å². The second kappa shape index (κ2) is 4.73. The minimum atomic E-state index is 0.216. The van der Waals surface area contributed by atoms with Gasteiger partial charge in [-0.25, -0.2) is 0 Å². The van der Waals surface area contributed by atoms with Crippen LogP contribution in [0.5, 0.6) is 0 Å². The van der Waals surface area contributed by atoms with E-state index in [9.17, 15) is 0 Å². The van der Waals surface area contributed by atoms with E-state index in [1.54, 1.807) is 11.3 Å². The molecule has 0 aliphatic rings. The lowest BCUT2D eigenvalue weighted by Crippen LogP contribution is -2.16. The Morgan fingerprint density at radius 1 is 1.38 bits per heavy atom. The van der Waals surface area contributed by atoms with Crippen molar-refractivity contribution in [1.82, 2.24) is 5.32 Å². The Bertz CT molecular complexity index is 489. The van der Waals surface area contributed by atoms with Crippen molar-refractivity contribution < 1.29 is 4.42 Å². The number of nitrogens with one attached hydrogen (secondary N) is 1. The number of furan rings is 1. The van der Waals surface area contributed by atoms with E-state index in [0.29, 0.717) is 0 Å². The first-order valence-electron chi connectivity index (χ1n) is 5.11. The predicted molar refractivity (Wildman–Crippen MR) is 71.1 cm³/mol. The maximum atomic E-state index is 5.58.